The van der Waals surface area contributed by atoms with E-state index in [2.05, 4.69) is 41.5 Å². The van der Waals surface area contributed by atoms with E-state index >= 15 is 0 Å². The van der Waals surface area contributed by atoms with Crippen LogP contribution in [-0.2, 0) is 16.4 Å². The van der Waals surface area contributed by atoms with Crippen LogP contribution in [0.2, 0.25) is 0 Å². The van der Waals surface area contributed by atoms with Crippen molar-refractivity contribution in [2.75, 3.05) is 0 Å². The van der Waals surface area contributed by atoms with E-state index in [0.29, 0.717) is 16.7 Å². The van der Waals surface area contributed by atoms with Crippen LogP contribution in [0.15, 0.2) is 72.8 Å². The molecular weight excluding hydrogens is 380 g/mol. The van der Waals surface area contributed by atoms with Crippen molar-refractivity contribution in [1.29, 1.82) is 0 Å². The molecule has 0 radical (unpaired) electrons. The molecule has 0 amide bonds. The first-order valence-corrected chi connectivity index (χ1v) is 11.0. The monoisotopic (exact) mass is 416 g/mol. The highest BCUT2D eigenvalue weighted by molar-refractivity contribution is 5.44. The number of benzene rings is 3. The lowest BCUT2D eigenvalue weighted by Crippen LogP contribution is -2.35. The molecule has 0 bridgehead atoms. The fourth-order valence-corrected chi connectivity index (χ4v) is 3.92. The maximum absolute atomic E-state index is 12.1. The second-order valence-corrected chi connectivity index (χ2v) is 10.7. The van der Waals surface area contributed by atoms with Crippen molar-refractivity contribution in [2.24, 2.45) is 0 Å². The van der Waals surface area contributed by atoms with Crippen LogP contribution < -0.4 is 0 Å². The second kappa shape index (κ2) is 8.26. The smallest absolute Gasteiger partial charge is 0.145 e. The van der Waals surface area contributed by atoms with Crippen LogP contribution in [0.5, 0.6) is 0 Å². The SMILES string of the molecule is Cc1ccc([C@H](O)C(O)(c2ccc(C(C)(C)C)cc2)c2ccc(C(C)(C)C)cc2)cc1. The van der Waals surface area contributed by atoms with E-state index in [1.54, 1.807) is 0 Å². The molecule has 2 N–H and O–H groups in total. The average Bonchev–Trinajstić information content (AvgIpc) is 2.72. The fraction of sp³-hybridized carbons (Fsp3) is 0.379. The zero-order chi connectivity index (χ0) is 23.0. The van der Waals surface area contributed by atoms with Crippen molar-refractivity contribution in [3.63, 3.8) is 0 Å². The van der Waals surface area contributed by atoms with Crippen LogP contribution >= 0.6 is 0 Å². The Hall–Kier alpha value is -2.42. The van der Waals surface area contributed by atoms with E-state index in [1.165, 1.54) is 11.1 Å². The molecule has 0 aliphatic heterocycles. The summed E-state index contributed by atoms with van der Waals surface area (Å²) in [6.07, 6.45) is -1.10. The topological polar surface area (TPSA) is 40.5 Å². The quantitative estimate of drug-likeness (QED) is 0.506. The minimum atomic E-state index is -1.57. The molecule has 0 unspecified atom stereocenters. The first-order chi connectivity index (χ1) is 14.3. The Kier molecular flexibility index (Phi) is 6.19. The van der Waals surface area contributed by atoms with Crippen molar-refractivity contribution < 1.29 is 10.2 Å². The molecule has 164 valence electrons. The highest BCUT2D eigenvalue weighted by Crippen LogP contribution is 2.42. The van der Waals surface area contributed by atoms with Gasteiger partial charge < -0.3 is 10.2 Å². The van der Waals surface area contributed by atoms with Crippen molar-refractivity contribution >= 4 is 0 Å². The Bertz CT molecular complexity index is 941. The summed E-state index contributed by atoms with van der Waals surface area (Å²) in [5.74, 6) is 0. The van der Waals surface area contributed by atoms with Crippen molar-refractivity contribution in [3.8, 4) is 0 Å². The molecule has 0 aliphatic rings. The van der Waals surface area contributed by atoms with E-state index in [1.807, 2.05) is 79.7 Å². The third-order valence-corrected chi connectivity index (χ3v) is 6.17. The molecule has 0 saturated carbocycles. The molecular formula is C29H36O2. The Morgan fingerprint density at radius 2 is 0.871 bits per heavy atom. The predicted molar refractivity (Wildman–Crippen MR) is 129 cm³/mol. The van der Waals surface area contributed by atoms with Crippen LogP contribution in [0.1, 0.15) is 81.0 Å². The van der Waals surface area contributed by atoms with Crippen molar-refractivity contribution in [1.82, 2.24) is 0 Å². The van der Waals surface area contributed by atoms with Gasteiger partial charge in [-0.1, -0.05) is 120 Å². The molecule has 0 fully saturated rings. The molecule has 1 atom stereocenters. The highest BCUT2D eigenvalue weighted by atomic mass is 16.3. The number of rotatable bonds is 4. The zero-order valence-electron chi connectivity index (χ0n) is 19.9. The van der Waals surface area contributed by atoms with Crippen LogP contribution in [-0.4, -0.2) is 10.2 Å². The van der Waals surface area contributed by atoms with Gasteiger partial charge in [-0.3, -0.25) is 0 Å². The molecule has 31 heavy (non-hydrogen) atoms. The first-order valence-electron chi connectivity index (χ1n) is 11.0. The number of hydrogen-bond acceptors (Lipinski definition) is 2. The summed E-state index contributed by atoms with van der Waals surface area (Å²) in [5.41, 5.74) is 3.99. The van der Waals surface area contributed by atoms with Crippen molar-refractivity contribution in [2.45, 2.75) is 71.0 Å². The van der Waals surface area contributed by atoms with Gasteiger partial charge in [0.05, 0.1) is 0 Å². The number of aliphatic hydroxyl groups excluding tert-OH is 1. The molecule has 0 aromatic heterocycles. The van der Waals surface area contributed by atoms with E-state index in [9.17, 15) is 10.2 Å². The van der Waals surface area contributed by atoms with E-state index in [4.69, 9.17) is 0 Å². The van der Waals surface area contributed by atoms with Crippen LogP contribution in [0.25, 0.3) is 0 Å². The number of aryl methyl sites for hydroxylation is 1. The van der Waals surface area contributed by atoms with Gasteiger partial charge in [-0.2, -0.15) is 0 Å². The van der Waals surface area contributed by atoms with Gasteiger partial charge in [0.25, 0.3) is 0 Å². The van der Waals surface area contributed by atoms with Crippen molar-refractivity contribution in [3.05, 3.63) is 106 Å². The van der Waals surface area contributed by atoms with Gasteiger partial charge in [-0.05, 0) is 45.6 Å². The predicted octanol–water partition coefficient (Wildman–Crippen LogP) is 6.56. The molecule has 3 rings (SSSR count). The number of aliphatic hydroxyl groups is 2. The normalized spacial score (nSPS) is 13.8. The molecule has 2 heteroatoms. The molecule has 2 nitrogen and oxygen atoms in total. The lowest BCUT2D eigenvalue weighted by Gasteiger charge is -2.35. The Morgan fingerprint density at radius 1 is 0.548 bits per heavy atom. The molecule has 0 saturated heterocycles. The van der Waals surface area contributed by atoms with Crippen LogP contribution in [0, 0.1) is 6.92 Å². The van der Waals surface area contributed by atoms with Gasteiger partial charge in [0.1, 0.15) is 11.7 Å². The molecule has 3 aromatic rings. The van der Waals surface area contributed by atoms with Gasteiger partial charge in [0.15, 0.2) is 0 Å². The lowest BCUT2D eigenvalue weighted by atomic mass is 9.76. The second-order valence-electron chi connectivity index (χ2n) is 10.7. The van der Waals surface area contributed by atoms with E-state index < -0.39 is 11.7 Å². The van der Waals surface area contributed by atoms with Crippen LogP contribution in [0.3, 0.4) is 0 Å². The molecule has 0 heterocycles. The summed E-state index contributed by atoms with van der Waals surface area (Å²) >= 11 is 0. The molecule has 0 spiro atoms. The number of hydrogen-bond donors (Lipinski definition) is 2. The Labute approximate surface area is 187 Å². The van der Waals surface area contributed by atoms with Gasteiger partial charge in [0.2, 0.25) is 0 Å². The maximum atomic E-state index is 12.1. The van der Waals surface area contributed by atoms with Gasteiger partial charge >= 0.3 is 0 Å². The fourth-order valence-electron chi connectivity index (χ4n) is 3.92. The lowest BCUT2D eigenvalue weighted by molar-refractivity contribution is -0.0518. The Balaban J connectivity index is 2.14. The zero-order valence-corrected chi connectivity index (χ0v) is 19.9. The first kappa shape index (κ1) is 23.2. The van der Waals surface area contributed by atoms with Gasteiger partial charge in [0, 0.05) is 0 Å². The molecule has 3 aromatic carbocycles. The van der Waals surface area contributed by atoms with Crippen LogP contribution in [0.4, 0.5) is 0 Å². The summed E-state index contributed by atoms with van der Waals surface area (Å²) in [5, 5.41) is 23.5. The summed E-state index contributed by atoms with van der Waals surface area (Å²) in [7, 11) is 0. The Morgan fingerprint density at radius 3 is 1.19 bits per heavy atom. The minimum Gasteiger partial charge on any atom is -0.385 e. The largest absolute Gasteiger partial charge is 0.385 e. The standard InChI is InChI=1S/C29H36O2/c1-20-8-10-21(11-9-20)26(30)29(31,24-16-12-22(13-17-24)27(2,3)4)25-18-14-23(15-19-25)28(5,6)7/h8-19,26,30-31H,1-7H3/t26-/m0/s1. The maximum Gasteiger partial charge on any atom is 0.145 e. The molecule has 0 aliphatic carbocycles. The third kappa shape index (κ3) is 4.76. The summed E-state index contributed by atoms with van der Waals surface area (Å²) in [4.78, 5) is 0. The summed E-state index contributed by atoms with van der Waals surface area (Å²) in [6.45, 7) is 15.0. The average molecular weight is 417 g/mol. The summed E-state index contributed by atoms with van der Waals surface area (Å²) < 4.78 is 0. The highest BCUT2D eigenvalue weighted by Gasteiger charge is 2.40. The minimum absolute atomic E-state index is 0.0145. The van der Waals surface area contributed by atoms with E-state index in [0.717, 1.165) is 5.56 Å². The van der Waals surface area contributed by atoms with E-state index in [-0.39, 0.29) is 10.8 Å². The summed E-state index contributed by atoms with van der Waals surface area (Å²) in [6, 6.07) is 23.6. The van der Waals surface area contributed by atoms with Gasteiger partial charge in [-0.25, -0.2) is 0 Å². The third-order valence-electron chi connectivity index (χ3n) is 6.17. The van der Waals surface area contributed by atoms with Gasteiger partial charge in [-0.15, -0.1) is 0 Å².